The number of aromatic amines is 1. The minimum atomic E-state index is 0.475. The summed E-state index contributed by atoms with van der Waals surface area (Å²) in [5.41, 5.74) is 1.19. The Balaban J connectivity index is 2.05. The van der Waals surface area contributed by atoms with Crippen molar-refractivity contribution >= 4 is 12.2 Å². The molecular weight excluding hydrogens is 224 g/mol. The Kier molecular flexibility index (Phi) is 3.31. The van der Waals surface area contributed by atoms with Crippen LogP contribution in [0.15, 0.2) is 24.3 Å². The van der Waals surface area contributed by atoms with Gasteiger partial charge in [-0.1, -0.05) is 22.4 Å². The van der Waals surface area contributed by atoms with E-state index in [0.29, 0.717) is 4.77 Å². The number of rotatable bonds is 4. The van der Waals surface area contributed by atoms with Gasteiger partial charge in [0.05, 0.1) is 7.11 Å². The summed E-state index contributed by atoms with van der Waals surface area (Å²) in [6.07, 6.45) is 0.857. The summed E-state index contributed by atoms with van der Waals surface area (Å²) in [6.45, 7) is 0.735. The minimum Gasteiger partial charge on any atom is -0.497 e. The molecule has 0 fully saturated rings. The fourth-order valence-electron chi connectivity index (χ4n) is 1.43. The van der Waals surface area contributed by atoms with E-state index in [4.69, 9.17) is 17.0 Å². The summed E-state index contributed by atoms with van der Waals surface area (Å²) >= 11 is 4.98. The molecule has 1 N–H and O–H groups in total. The summed E-state index contributed by atoms with van der Waals surface area (Å²) in [7, 11) is 1.66. The highest BCUT2D eigenvalue weighted by atomic mass is 32.1. The van der Waals surface area contributed by atoms with E-state index in [1.807, 2.05) is 18.2 Å². The number of tetrazole rings is 1. The third-order valence-corrected chi connectivity index (χ3v) is 2.59. The smallest absolute Gasteiger partial charge is 0.238 e. The predicted octanol–water partition coefficient (Wildman–Crippen LogP) is 1.59. The Labute approximate surface area is 98.0 Å². The Morgan fingerprint density at radius 2 is 2.38 bits per heavy atom. The fraction of sp³-hybridized carbons (Fsp3) is 0.300. The van der Waals surface area contributed by atoms with Crippen LogP contribution in [0.1, 0.15) is 5.56 Å². The highest BCUT2D eigenvalue weighted by molar-refractivity contribution is 7.71. The van der Waals surface area contributed by atoms with E-state index in [0.717, 1.165) is 18.7 Å². The number of H-pyrrole nitrogens is 1. The van der Waals surface area contributed by atoms with Gasteiger partial charge in [0.15, 0.2) is 0 Å². The molecule has 1 heterocycles. The first-order valence-corrected chi connectivity index (χ1v) is 5.31. The molecule has 0 aliphatic heterocycles. The van der Waals surface area contributed by atoms with Gasteiger partial charge in [-0.05, 0) is 36.3 Å². The van der Waals surface area contributed by atoms with Crippen LogP contribution >= 0.6 is 12.2 Å². The molecule has 0 bridgehead atoms. The van der Waals surface area contributed by atoms with Crippen molar-refractivity contribution in [2.75, 3.05) is 7.11 Å². The van der Waals surface area contributed by atoms with Crippen molar-refractivity contribution in [2.24, 2.45) is 0 Å². The number of nitrogens with one attached hydrogen (secondary N) is 1. The zero-order valence-corrected chi connectivity index (χ0v) is 9.70. The Bertz CT molecular complexity index is 519. The number of hydrogen-bond acceptors (Lipinski definition) is 4. The van der Waals surface area contributed by atoms with Crippen molar-refractivity contribution in [3.05, 3.63) is 34.6 Å². The predicted molar refractivity (Wildman–Crippen MR) is 61.9 cm³/mol. The highest BCUT2D eigenvalue weighted by Crippen LogP contribution is 2.13. The maximum atomic E-state index is 5.16. The second-order valence-electron chi connectivity index (χ2n) is 3.34. The lowest BCUT2D eigenvalue weighted by Crippen LogP contribution is -2.03. The molecule has 0 atom stereocenters. The molecule has 1 aromatic heterocycles. The molecule has 84 valence electrons. The molecule has 0 spiro atoms. The van der Waals surface area contributed by atoms with Gasteiger partial charge < -0.3 is 4.74 Å². The molecule has 2 rings (SSSR count). The van der Waals surface area contributed by atoms with E-state index < -0.39 is 0 Å². The first kappa shape index (κ1) is 10.8. The molecule has 1 aromatic carbocycles. The zero-order valence-electron chi connectivity index (χ0n) is 8.88. The second kappa shape index (κ2) is 4.89. The van der Waals surface area contributed by atoms with Gasteiger partial charge in [-0.2, -0.15) is 5.21 Å². The monoisotopic (exact) mass is 236 g/mol. The normalized spacial score (nSPS) is 10.3. The van der Waals surface area contributed by atoms with Crippen molar-refractivity contribution in [3.63, 3.8) is 0 Å². The van der Waals surface area contributed by atoms with Crippen LogP contribution in [0.5, 0.6) is 5.75 Å². The van der Waals surface area contributed by atoms with Gasteiger partial charge in [-0.25, -0.2) is 4.68 Å². The van der Waals surface area contributed by atoms with E-state index in [2.05, 4.69) is 21.6 Å². The summed E-state index contributed by atoms with van der Waals surface area (Å²) in [5.74, 6) is 0.865. The number of methoxy groups -OCH3 is 1. The van der Waals surface area contributed by atoms with E-state index in [1.165, 1.54) is 5.56 Å². The molecule has 0 unspecified atom stereocenters. The highest BCUT2D eigenvalue weighted by Gasteiger charge is 1.98. The van der Waals surface area contributed by atoms with Crippen LogP contribution in [0, 0.1) is 4.77 Å². The van der Waals surface area contributed by atoms with Gasteiger partial charge in [0.2, 0.25) is 4.77 Å². The average Bonchev–Trinajstić information content (AvgIpc) is 2.72. The number of aryl methyl sites for hydroxylation is 2. The van der Waals surface area contributed by atoms with Gasteiger partial charge in [-0.3, -0.25) is 0 Å². The van der Waals surface area contributed by atoms with Gasteiger partial charge in [0.1, 0.15) is 5.75 Å². The third kappa shape index (κ3) is 2.46. The molecule has 0 saturated carbocycles. The fourth-order valence-corrected chi connectivity index (χ4v) is 1.60. The van der Waals surface area contributed by atoms with Crippen molar-refractivity contribution in [1.29, 1.82) is 0 Å². The van der Waals surface area contributed by atoms with E-state index >= 15 is 0 Å². The van der Waals surface area contributed by atoms with Crippen LogP contribution in [-0.2, 0) is 13.0 Å². The summed E-state index contributed by atoms with van der Waals surface area (Å²) in [4.78, 5) is 0. The Morgan fingerprint density at radius 1 is 1.50 bits per heavy atom. The quantitative estimate of drug-likeness (QED) is 0.819. The maximum Gasteiger partial charge on any atom is 0.238 e. The van der Waals surface area contributed by atoms with E-state index in [1.54, 1.807) is 11.8 Å². The molecule has 6 heteroatoms. The first-order chi connectivity index (χ1) is 7.79. The first-order valence-electron chi connectivity index (χ1n) is 4.90. The molecule has 2 aromatic rings. The molecule has 16 heavy (non-hydrogen) atoms. The van der Waals surface area contributed by atoms with Crippen LogP contribution in [0.25, 0.3) is 0 Å². The van der Waals surface area contributed by atoms with Crippen LogP contribution in [0.3, 0.4) is 0 Å². The molecule has 0 amide bonds. The van der Waals surface area contributed by atoms with Gasteiger partial charge in [0, 0.05) is 6.54 Å². The lowest BCUT2D eigenvalue weighted by Gasteiger charge is -2.04. The van der Waals surface area contributed by atoms with Gasteiger partial charge in [0.25, 0.3) is 0 Å². The topological polar surface area (TPSA) is 55.7 Å². The van der Waals surface area contributed by atoms with Crippen LogP contribution in [0.2, 0.25) is 0 Å². The number of aromatic nitrogens is 4. The number of benzene rings is 1. The average molecular weight is 236 g/mol. The zero-order chi connectivity index (χ0) is 11.4. The van der Waals surface area contributed by atoms with Gasteiger partial charge in [-0.15, -0.1) is 0 Å². The molecule has 0 aliphatic carbocycles. The SMILES string of the molecule is COc1cccc(CCn2[nH]nnc2=S)c1. The molecule has 5 nitrogen and oxygen atoms in total. The van der Waals surface area contributed by atoms with Gasteiger partial charge >= 0.3 is 0 Å². The van der Waals surface area contributed by atoms with E-state index in [9.17, 15) is 0 Å². The lowest BCUT2D eigenvalue weighted by molar-refractivity contribution is 0.414. The van der Waals surface area contributed by atoms with Crippen molar-refractivity contribution < 1.29 is 4.74 Å². The van der Waals surface area contributed by atoms with Crippen molar-refractivity contribution in [2.45, 2.75) is 13.0 Å². The minimum absolute atomic E-state index is 0.475. The standard InChI is InChI=1S/C10H12N4OS/c1-15-9-4-2-3-8(7-9)5-6-14-10(16)11-12-13-14/h2-4,7H,5-6H2,1H3,(H,11,13,16). The Hall–Kier alpha value is -1.69. The summed E-state index contributed by atoms with van der Waals surface area (Å²) < 4.78 is 7.36. The van der Waals surface area contributed by atoms with Crippen molar-refractivity contribution in [3.8, 4) is 5.75 Å². The van der Waals surface area contributed by atoms with E-state index in [-0.39, 0.29) is 0 Å². The number of ether oxygens (including phenoxy) is 1. The number of nitrogens with zero attached hydrogens (tertiary/aromatic N) is 3. The molecule has 0 radical (unpaired) electrons. The third-order valence-electron chi connectivity index (χ3n) is 2.29. The summed E-state index contributed by atoms with van der Waals surface area (Å²) in [5, 5.41) is 10.1. The lowest BCUT2D eigenvalue weighted by atomic mass is 10.1. The Morgan fingerprint density at radius 3 is 3.06 bits per heavy atom. The second-order valence-corrected chi connectivity index (χ2v) is 3.70. The number of hydrogen-bond donors (Lipinski definition) is 1. The van der Waals surface area contributed by atoms with Crippen LogP contribution in [0.4, 0.5) is 0 Å². The van der Waals surface area contributed by atoms with Crippen LogP contribution < -0.4 is 4.74 Å². The van der Waals surface area contributed by atoms with Crippen LogP contribution in [-0.4, -0.2) is 27.3 Å². The molecule has 0 saturated heterocycles. The van der Waals surface area contributed by atoms with Crippen molar-refractivity contribution in [1.82, 2.24) is 20.2 Å². The molecule has 0 aliphatic rings. The summed E-state index contributed by atoms with van der Waals surface area (Å²) in [6, 6.07) is 7.95. The maximum absolute atomic E-state index is 5.16. The molecular formula is C10H12N4OS. The largest absolute Gasteiger partial charge is 0.497 e.